The lowest BCUT2D eigenvalue weighted by molar-refractivity contribution is -0.137. The zero-order valence-electron chi connectivity index (χ0n) is 7.44. The molecule has 1 rings (SSSR count). The standard InChI is InChI=1S/C8H11ClN2O2S/c9-6-4-11-7(14-6)3-5(10)1-2-8(12)13/h4-5H,1-3,10H2,(H,12,13). The van der Waals surface area contributed by atoms with Gasteiger partial charge in [0, 0.05) is 18.9 Å². The van der Waals surface area contributed by atoms with E-state index in [0.717, 1.165) is 5.01 Å². The molecule has 1 aromatic heterocycles. The lowest BCUT2D eigenvalue weighted by atomic mass is 10.1. The van der Waals surface area contributed by atoms with Crippen molar-refractivity contribution in [3.8, 4) is 0 Å². The second-order valence-corrected chi connectivity index (χ2v) is 4.70. The van der Waals surface area contributed by atoms with Crippen molar-refractivity contribution in [1.29, 1.82) is 0 Å². The van der Waals surface area contributed by atoms with E-state index in [0.29, 0.717) is 17.2 Å². The second-order valence-electron chi connectivity index (χ2n) is 2.95. The van der Waals surface area contributed by atoms with Crippen LogP contribution in [0.25, 0.3) is 0 Å². The van der Waals surface area contributed by atoms with E-state index in [1.54, 1.807) is 6.20 Å². The van der Waals surface area contributed by atoms with Crippen LogP contribution >= 0.6 is 22.9 Å². The molecule has 0 aromatic carbocycles. The number of carboxylic acid groups (broad SMARTS) is 1. The van der Waals surface area contributed by atoms with Crippen molar-refractivity contribution in [2.24, 2.45) is 5.73 Å². The van der Waals surface area contributed by atoms with Crippen LogP contribution in [0.2, 0.25) is 4.34 Å². The molecule has 6 heteroatoms. The van der Waals surface area contributed by atoms with Gasteiger partial charge in [-0.25, -0.2) is 4.98 Å². The number of carbonyl (C=O) groups is 1. The minimum atomic E-state index is -0.822. The molecule has 1 heterocycles. The Bertz CT molecular complexity index is 316. The van der Waals surface area contributed by atoms with E-state index in [-0.39, 0.29) is 12.5 Å². The van der Waals surface area contributed by atoms with Crippen LogP contribution in [0.3, 0.4) is 0 Å². The smallest absolute Gasteiger partial charge is 0.303 e. The Kier molecular flexibility index (Phi) is 4.31. The number of nitrogens with zero attached hydrogens (tertiary/aromatic N) is 1. The van der Waals surface area contributed by atoms with Gasteiger partial charge in [-0.3, -0.25) is 4.79 Å². The van der Waals surface area contributed by atoms with E-state index in [1.165, 1.54) is 11.3 Å². The Balaban J connectivity index is 2.33. The highest BCUT2D eigenvalue weighted by Crippen LogP contribution is 2.19. The minimum Gasteiger partial charge on any atom is -0.481 e. The molecule has 0 saturated carbocycles. The molecule has 0 bridgehead atoms. The zero-order valence-corrected chi connectivity index (χ0v) is 9.01. The molecule has 0 aliphatic rings. The molecule has 0 amide bonds. The molecule has 1 aromatic rings. The third-order valence-electron chi connectivity index (χ3n) is 1.69. The van der Waals surface area contributed by atoms with Crippen molar-refractivity contribution < 1.29 is 9.90 Å². The number of carboxylic acids is 1. The number of nitrogens with two attached hydrogens (primary N) is 1. The molecule has 0 aliphatic heterocycles. The van der Waals surface area contributed by atoms with Gasteiger partial charge in [0.05, 0.1) is 11.2 Å². The lowest BCUT2D eigenvalue weighted by Gasteiger charge is -2.06. The van der Waals surface area contributed by atoms with Crippen molar-refractivity contribution in [2.75, 3.05) is 0 Å². The highest BCUT2D eigenvalue weighted by atomic mass is 35.5. The average molecular weight is 235 g/mol. The molecule has 3 N–H and O–H groups in total. The Labute approximate surface area is 90.7 Å². The maximum absolute atomic E-state index is 10.3. The van der Waals surface area contributed by atoms with E-state index < -0.39 is 5.97 Å². The first-order valence-corrected chi connectivity index (χ1v) is 5.35. The predicted molar refractivity (Wildman–Crippen MR) is 55.7 cm³/mol. The van der Waals surface area contributed by atoms with Gasteiger partial charge in [0.25, 0.3) is 0 Å². The highest BCUT2D eigenvalue weighted by molar-refractivity contribution is 7.15. The lowest BCUT2D eigenvalue weighted by Crippen LogP contribution is -2.23. The highest BCUT2D eigenvalue weighted by Gasteiger charge is 2.09. The van der Waals surface area contributed by atoms with Gasteiger partial charge < -0.3 is 10.8 Å². The van der Waals surface area contributed by atoms with Crippen molar-refractivity contribution in [3.05, 3.63) is 15.5 Å². The predicted octanol–water partition coefficient (Wildman–Crippen LogP) is 1.53. The van der Waals surface area contributed by atoms with Crippen molar-refractivity contribution in [2.45, 2.75) is 25.3 Å². The van der Waals surface area contributed by atoms with Crippen LogP contribution in [0.4, 0.5) is 0 Å². The van der Waals surface area contributed by atoms with Crippen LogP contribution in [-0.2, 0) is 11.2 Å². The van der Waals surface area contributed by atoms with Gasteiger partial charge in [0.1, 0.15) is 4.34 Å². The Morgan fingerprint density at radius 3 is 3.00 bits per heavy atom. The largest absolute Gasteiger partial charge is 0.481 e. The summed E-state index contributed by atoms with van der Waals surface area (Å²) in [6, 6.07) is -0.159. The first kappa shape index (κ1) is 11.4. The van der Waals surface area contributed by atoms with Crippen LogP contribution in [0.1, 0.15) is 17.8 Å². The minimum absolute atomic E-state index is 0.0975. The van der Waals surface area contributed by atoms with Crippen LogP contribution < -0.4 is 5.73 Å². The summed E-state index contributed by atoms with van der Waals surface area (Å²) in [5.74, 6) is -0.822. The van der Waals surface area contributed by atoms with E-state index >= 15 is 0 Å². The van der Waals surface area contributed by atoms with E-state index in [9.17, 15) is 4.79 Å². The van der Waals surface area contributed by atoms with Crippen molar-refractivity contribution in [3.63, 3.8) is 0 Å². The number of halogens is 1. The molecule has 0 fully saturated rings. The summed E-state index contributed by atoms with van der Waals surface area (Å²) < 4.78 is 0.630. The van der Waals surface area contributed by atoms with Gasteiger partial charge in [0.2, 0.25) is 0 Å². The number of thiazole rings is 1. The molecule has 0 aliphatic carbocycles. The van der Waals surface area contributed by atoms with Gasteiger partial charge >= 0.3 is 5.97 Å². The summed E-state index contributed by atoms with van der Waals surface area (Å²) >= 11 is 7.07. The summed E-state index contributed by atoms with van der Waals surface area (Å²) in [5.41, 5.74) is 5.72. The summed E-state index contributed by atoms with van der Waals surface area (Å²) in [4.78, 5) is 14.3. The van der Waals surface area contributed by atoms with Gasteiger partial charge in [-0.05, 0) is 6.42 Å². The van der Waals surface area contributed by atoms with Crippen LogP contribution in [0.15, 0.2) is 6.20 Å². The molecule has 0 saturated heterocycles. The summed E-state index contributed by atoms with van der Waals surface area (Å²) in [5, 5.41) is 9.30. The average Bonchev–Trinajstić information content (AvgIpc) is 2.48. The fraction of sp³-hybridized carbons (Fsp3) is 0.500. The maximum Gasteiger partial charge on any atom is 0.303 e. The zero-order chi connectivity index (χ0) is 10.6. The number of aromatic nitrogens is 1. The summed E-state index contributed by atoms with van der Waals surface area (Å²) in [6.45, 7) is 0. The summed E-state index contributed by atoms with van der Waals surface area (Å²) in [6.07, 6.45) is 2.73. The van der Waals surface area contributed by atoms with Crippen LogP contribution in [0.5, 0.6) is 0 Å². The maximum atomic E-state index is 10.3. The summed E-state index contributed by atoms with van der Waals surface area (Å²) in [7, 11) is 0. The third-order valence-corrected chi connectivity index (χ3v) is 2.83. The number of rotatable bonds is 5. The SMILES string of the molecule is NC(CCC(=O)O)Cc1ncc(Cl)s1. The molecule has 0 spiro atoms. The molecule has 14 heavy (non-hydrogen) atoms. The van der Waals surface area contributed by atoms with Crippen molar-refractivity contribution >= 4 is 28.9 Å². The van der Waals surface area contributed by atoms with Gasteiger partial charge in [-0.2, -0.15) is 0 Å². The fourth-order valence-corrected chi connectivity index (χ4v) is 2.07. The second kappa shape index (κ2) is 5.29. The first-order chi connectivity index (χ1) is 6.58. The number of aliphatic carboxylic acids is 1. The van der Waals surface area contributed by atoms with Gasteiger partial charge in [-0.1, -0.05) is 11.6 Å². The monoisotopic (exact) mass is 234 g/mol. The molecule has 78 valence electrons. The Hall–Kier alpha value is -0.650. The Morgan fingerprint density at radius 1 is 1.79 bits per heavy atom. The van der Waals surface area contributed by atoms with Gasteiger partial charge in [-0.15, -0.1) is 11.3 Å². The molecule has 4 nitrogen and oxygen atoms in total. The fourth-order valence-electron chi connectivity index (χ4n) is 1.02. The molecular weight excluding hydrogens is 224 g/mol. The molecule has 0 radical (unpaired) electrons. The first-order valence-electron chi connectivity index (χ1n) is 4.15. The van der Waals surface area contributed by atoms with E-state index in [2.05, 4.69) is 4.98 Å². The number of hydrogen-bond acceptors (Lipinski definition) is 4. The molecular formula is C8H11ClN2O2S. The van der Waals surface area contributed by atoms with Crippen molar-refractivity contribution in [1.82, 2.24) is 4.98 Å². The van der Waals surface area contributed by atoms with Crippen LogP contribution in [0, 0.1) is 0 Å². The Morgan fingerprint density at radius 2 is 2.50 bits per heavy atom. The molecule has 1 atom stereocenters. The normalized spacial score (nSPS) is 12.7. The topological polar surface area (TPSA) is 76.2 Å². The quantitative estimate of drug-likeness (QED) is 0.810. The third kappa shape index (κ3) is 4.04. The van der Waals surface area contributed by atoms with E-state index in [4.69, 9.17) is 22.4 Å². The molecule has 1 unspecified atom stereocenters. The number of hydrogen-bond donors (Lipinski definition) is 2. The van der Waals surface area contributed by atoms with Gasteiger partial charge in [0.15, 0.2) is 0 Å². The van der Waals surface area contributed by atoms with E-state index in [1.807, 2.05) is 0 Å². The van der Waals surface area contributed by atoms with Crippen LogP contribution in [-0.4, -0.2) is 22.1 Å².